The van der Waals surface area contributed by atoms with Crippen molar-refractivity contribution in [2.75, 3.05) is 14.2 Å². The Kier molecular flexibility index (Phi) is 5.10. The highest BCUT2D eigenvalue weighted by Crippen LogP contribution is 2.27. The van der Waals surface area contributed by atoms with Crippen molar-refractivity contribution < 1.29 is 14.3 Å². The van der Waals surface area contributed by atoms with Gasteiger partial charge in [-0.15, -0.1) is 0 Å². The molecule has 0 aliphatic carbocycles. The van der Waals surface area contributed by atoms with Crippen molar-refractivity contribution in [1.82, 2.24) is 0 Å². The van der Waals surface area contributed by atoms with Gasteiger partial charge in [-0.3, -0.25) is 4.79 Å². The van der Waals surface area contributed by atoms with E-state index < -0.39 is 0 Å². The smallest absolute Gasteiger partial charge is 0.171 e. The summed E-state index contributed by atoms with van der Waals surface area (Å²) < 4.78 is 10.4. The molecular weight excluding hydrogens is 311 g/mol. The summed E-state index contributed by atoms with van der Waals surface area (Å²) in [6, 6.07) is 10.1. The average Bonchev–Trinajstić information content (AvgIpc) is 2.50. The summed E-state index contributed by atoms with van der Waals surface area (Å²) in [7, 11) is 3.07. The Labute approximate surface area is 133 Å². The van der Waals surface area contributed by atoms with Crippen LogP contribution in [-0.2, 0) is 6.42 Å². The van der Waals surface area contributed by atoms with E-state index in [2.05, 4.69) is 0 Å². The van der Waals surface area contributed by atoms with Crippen LogP contribution < -0.4 is 9.47 Å². The third kappa shape index (κ3) is 3.69. The second-order valence-corrected chi connectivity index (χ2v) is 5.25. The van der Waals surface area contributed by atoms with Gasteiger partial charge in [0.2, 0.25) is 0 Å². The fourth-order valence-electron chi connectivity index (χ4n) is 1.98. The number of ether oxygens (including phenoxy) is 2. The van der Waals surface area contributed by atoms with Crippen LogP contribution in [0.15, 0.2) is 36.4 Å². The third-order valence-corrected chi connectivity index (χ3v) is 3.67. The van der Waals surface area contributed by atoms with Crippen molar-refractivity contribution in [3.05, 3.63) is 57.6 Å². The Bertz CT molecular complexity index is 669. The van der Waals surface area contributed by atoms with Gasteiger partial charge in [0.1, 0.15) is 11.5 Å². The van der Waals surface area contributed by atoms with Gasteiger partial charge in [-0.25, -0.2) is 0 Å². The van der Waals surface area contributed by atoms with Gasteiger partial charge in [-0.05, 0) is 35.9 Å². The minimum absolute atomic E-state index is 0.0985. The third-order valence-electron chi connectivity index (χ3n) is 3.07. The Morgan fingerprint density at radius 2 is 1.81 bits per heavy atom. The Hall–Kier alpha value is -1.71. The monoisotopic (exact) mass is 324 g/mol. The van der Waals surface area contributed by atoms with Gasteiger partial charge in [0.05, 0.1) is 19.8 Å². The number of rotatable bonds is 5. The molecule has 2 aromatic rings. The van der Waals surface area contributed by atoms with Crippen LogP contribution in [0, 0.1) is 0 Å². The number of carbonyl (C=O) groups is 1. The lowest BCUT2D eigenvalue weighted by Gasteiger charge is -2.10. The molecule has 0 aliphatic heterocycles. The van der Waals surface area contributed by atoms with E-state index in [1.165, 1.54) is 7.11 Å². The van der Waals surface area contributed by atoms with Crippen LogP contribution in [0.5, 0.6) is 11.5 Å². The molecule has 0 amide bonds. The molecule has 0 saturated heterocycles. The standard InChI is InChI=1S/C16H14Cl2O3/c1-20-12-4-5-13(16(9-12)21-2)15(19)8-10-7-11(17)3-6-14(10)18/h3-7,9H,8H2,1-2H3. The summed E-state index contributed by atoms with van der Waals surface area (Å²) in [6.45, 7) is 0. The second-order valence-electron chi connectivity index (χ2n) is 4.40. The molecule has 21 heavy (non-hydrogen) atoms. The van der Waals surface area contributed by atoms with Crippen LogP contribution in [-0.4, -0.2) is 20.0 Å². The predicted molar refractivity (Wildman–Crippen MR) is 84.0 cm³/mol. The molecule has 0 spiro atoms. The van der Waals surface area contributed by atoms with E-state index >= 15 is 0 Å². The van der Waals surface area contributed by atoms with E-state index in [1.54, 1.807) is 43.5 Å². The number of halogens is 2. The van der Waals surface area contributed by atoms with Crippen LogP contribution in [0.2, 0.25) is 10.0 Å². The first-order valence-electron chi connectivity index (χ1n) is 6.24. The molecule has 0 N–H and O–H groups in total. The van der Waals surface area contributed by atoms with Gasteiger partial charge in [0, 0.05) is 22.5 Å². The number of Topliss-reactive ketones (excluding diaryl/α,β-unsaturated/α-hetero) is 1. The highest BCUT2D eigenvalue weighted by Gasteiger charge is 2.15. The lowest BCUT2D eigenvalue weighted by atomic mass is 10.0. The number of benzene rings is 2. The maximum Gasteiger partial charge on any atom is 0.171 e. The van der Waals surface area contributed by atoms with Gasteiger partial charge in [-0.1, -0.05) is 23.2 Å². The molecule has 0 fully saturated rings. The van der Waals surface area contributed by atoms with Gasteiger partial charge in [0.15, 0.2) is 5.78 Å². The number of methoxy groups -OCH3 is 2. The summed E-state index contributed by atoms with van der Waals surface area (Å²) >= 11 is 12.0. The molecule has 0 atom stereocenters. The van der Waals surface area contributed by atoms with Crippen LogP contribution in [0.4, 0.5) is 0 Å². The fourth-order valence-corrected chi connectivity index (χ4v) is 2.35. The van der Waals surface area contributed by atoms with E-state index in [4.69, 9.17) is 32.7 Å². The van der Waals surface area contributed by atoms with Gasteiger partial charge in [-0.2, -0.15) is 0 Å². The van der Waals surface area contributed by atoms with E-state index in [1.807, 2.05) is 0 Å². The maximum atomic E-state index is 12.4. The van der Waals surface area contributed by atoms with Gasteiger partial charge >= 0.3 is 0 Å². The lowest BCUT2D eigenvalue weighted by molar-refractivity contribution is 0.0990. The van der Waals surface area contributed by atoms with Crippen LogP contribution in [0.25, 0.3) is 0 Å². The summed E-state index contributed by atoms with van der Waals surface area (Å²) in [6.07, 6.45) is 0.155. The Morgan fingerprint density at radius 3 is 2.48 bits per heavy atom. The SMILES string of the molecule is COc1ccc(C(=O)Cc2cc(Cl)ccc2Cl)c(OC)c1. The van der Waals surface area contributed by atoms with Crippen molar-refractivity contribution in [2.24, 2.45) is 0 Å². The lowest BCUT2D eigenvalue weighted by Crippen LogP contribution is -2.06. The average molecular weight is 325 g/mol. The van der Waals surface area contributed by atoms with Gasteiger partial charge in [0.25, 0.3) is 0 Å². The summed E-state index contributed by atoms with van der Waals surface area (Å²) in [4.78, 5) is 12.4. The molecule has 0 unspecified atom stereocenters. The summed E-state index contributed by atoms with van der Waals surface area (Å²) in [5.74, 6) is 1.00. The molecule has 110 valence electrons. The van der Waals surface area contributed by atoms with E-state index in [0.717, 1.165) is 0 Å². The van der Waals surface area contributed by atoms with Gasteiger partial charge < -0.3 is 9.47 Å². The Balaban J connectivity index is 2.30. The van der Waals surface area contributed by atoms with E-state index in [9.17, 15) is 4.79 Å². The number of hydrogen-bond donors (Lipinski definition) is 0. The van der Waals surface area contributed by atoms with Crippen LogP contribution >= 0.6 is 23.2 Å². The summed E-state index contributed by atoms with van der Waals surface area (Å²) in [5, 5.41) is 1.06. The molecule has 0 saturated carbocycles. The largest absolute Gasteiger partial charge is 0.497 e. The molecule has 2 aromatic carbocycles. The van der Waals surface area contributed by atoms with E-state index in [-0.39, 0.29) is 12.2 Å². The zero-order chi connectivity index (χ0) is 15.4. The molecule has 5 heteroatoms. The minimum atomic E-state index is -0.0985. The van der Waals surface area contributed by atoms with Crippen molar-refractivity contribution in [3.63, 3.8) is 0 Å². The normalized spacial score (nSPS) is 10.3. The molecule has 0 aromatic heterocycles. The zero-order valence-electron chi connectivity index (χ0n) is 11.7. The number of hydrogen-bond acceptors (Lipinski definition) is 3. The molecule has 0 radical (unpaired) electrons. The van der Waals surface area contributed by atoms with Crippen LogP contribution in [0.3, 0.4) is 0 Å². The Morgan fingerprint density at radius 1 is 1.05 bits per heavy atom. The minimum Gasteiger partial charge on any atom is -0.497 e. The topological polar surface area (TPSA) is 35.5 Å². The predicted octanol–water partition coefficient (Wildman–Crippen LogP) is 4.44. The highest BCUT2D eigenvalue weighted by atomic mass is 35.5. The molecule has 0 aliphatic rings. The molecule has 0 heterocycles. The second kappa shape index (κ2) is 6.83. The number of ketones is 1. The molecule has 3 nitrogen and oxygen atoms in total. The van der Waals surface area contributed by atoms with Crippen molar-refractivity contribution in [2.45, 2.75) is 6.42 Å². The quantitative estimate of drug-likeness (QED) is 0.763. The zero-order valence-corrected chi connectivity index (χ0v) is 13.2. The highest BCUT2D eigenvalue weighted by molar-refractivity contribution is 6.33. The molecular formula is C16H14Cl2O3. The first-order chi connectivity index (χ1) is 10.0. The van der Waals surface area contributed by atoms with Crippen molar-refractivity contribution >= 4 is 29.0 Å². The maximum absolute atomic E-state index is 12.4. The fraction of sp³-hybridized carbons (Fsp3) is 0.188. The first kappa shape index (κ1) is 15.7. The first-order valence-corrected chi connectivity index (χ1v) is 7.00. The van der Waals surface area contributed by atoms with Crippen molar-refractivity contribution in [1.29, 1.82) is 0 Å². The van der Waals surface area contributed by atoms with E-state index in [0.29, 0.717) is 32.7 Å². The molecule has 0 bridgehead atoms. The molecule has 2 rings (SSSR count). The number of carbonyl (C=O) groups excluding carboxylic acids is 1. The summed E-state index contributed by atoms with van der Waals surface area (Å²) in [5.41, 5.74) is 1.17. The van der Waals surface area contributed by atoms with Crippen molar-refractivity contribution in [3.8, 4) is 11.5 Å². The van der Waals surface area contributed by atoms with Crippen LogP contribution in [0.1, 0.15) is 15.9 Å².